The summed E-state index contributed by atoms with van der Waals surface area (Å²) in [5.41, 5.74) is 3.93. The predicted octanol–water partition coefficient (Wildman–Crippen LogP) is 5.70. The molecule has 1 aromatic heterocycles. The maximum absolute atomic E-state index is 6.37. The van der Waals surface area contributed by atoms with E-state index >= 15 is 0 Å². The van der Waals surface area contributed by atoms with Crippen molar-refractivity contribution in [3.63, 3.8) is 0 Å². The average Bonchev–Trinajstić information content (AvgIpc) is 3.12. The molecule has 3 heteroatoms. The van der Waals surface area contributed by atoms with E-state index in [1.54, 1.807) is 0 Å². The maximum Gasteiger partial charge on any atom is 0.125 e. The molecule has 136 valence electrons. The molecule has 0 saturated carbocycles. The Kier molecular flexibility index (Phi) is 5.46. The smallest absolute Gasteiger partial charge is 0.125 e. The molecule has 3 aromatic rings. The van der Waals surface area contributed by atoms with E-state index in [4.69, 9.17) is 4.74 Å². The van der Waals surface area contributed by atoms with E-state index in [-0.39, 0.29) is 11.5 Å². The van der Waals surface area contributed by atoms with Gasteiger partial charge in [-0.1, -0.05) is 62.7 Å². The fourth-order valence-corrected chi connectivity index (χ4v) is 2.96. The summed E-state index contributed by atoms with van der Waals surface area (Å²) >= 11 is 0. The van der Waals surface area contributed by atoms with Crippen molar-refractivity contribution in [1.82, 2.24) is 9.55 Å². The second-order valence-corrected chi connectivity index (χ2v) is 7.88. The van der Waals surface area contributed by atoms with Crippen molar-refractivity contribution in [1.29, 1.82) is 0 Å². The zero-order chi connectivity index (χ0) is 18.6. The van der Waals surface area contributed by atoms with E-state index in [1.165, 1.54) is 16.7 Å². The third-order valence-electron chi connectivity index (χ3n) is 4.66. The van der Waals surface area contributed by atoms with Gasteiger partial charge in [-0.25, -0.2) is 4.98 Å². The maximum atomic E-state index is 6.37. The second kappa shape index (κ2) is 7.77. The molecular formula is C23H28N2O. The topological polar surface area (TPSA) is 27.1 Å². The highest BCUT2D eigenvalue weighted by Crippen LogP contribution is 2.29. The van der Waals surface area contributed by atoms with Gasteiger partial charge in [-0.3, -0.25) is 0 Å². The molecule has 0 radical (unpaired) electrons. The number of nitrogens with zero attached hydrogens (tertiary/aromatic N) is 2. The van der Waals surface area contributed by atoms with Crippen LogP contribution in [0.1, 0.15) is 50.0 Å². The van der Waals surface area contributed by atoms with E-state index < -0.39 is 0 Å². The molecule has 0 spiro atoms. The lowest BCUT2D eigenvalue weighted by atomic mass is 9.87. The number of hydrogen-bond donors (Lipinski definition) is 0. The van der Waals surface area contributed by atoms with Crippen molar-refractivity contribution >= 4 is 0 Å². The van der Waals surface area contributed by atoms with Gasteiger partial charge in [-0.2, -0.15) is 0 Å². The Bertz CT molecular complexity index is 797. The Morgan fingerprint density at radius 1 is 1.00 bits per heavy atom. The van der Waals surface area contributed by atoms with Gasteiger partial charge in [-0.05, 0) is 35.6 Å². The lowest BCUT2D eigenvalue weighted by molar-refractivity contribution is 0.188. The van der Waals surface area contributed by atoms with Crippen LogP contribution < -0.4 is 4.74 Å². The highest BCUT2D eigenvalue weighted by Gasteiger charge is 2.16. The lowest BCUT2D eigenvalue weighted by Gasteiger charge is -2.22. The van der Waals surface area contributed by atoms with Gasteiger partial charge in [0, 0.05) is 25.4 Å². The van der Waals surface area contributed by atoms with Crippen molar-refractivity contribution < 1.29 is 4.74 Å². The summed E-state index contributed by atoms with van der Waals surface area (Å²) in [4.78, 5) is 4.12. The number of aryl methyl sites for hydroxylation is 2. The van der Waals surface area contributed by atoms with Gasteiger partial charge in [-0.15, -0.1) is 0 Å². The van der Waals surface area contributed by atoms with E-state index in [2.05, 4.69) is 85.8 Å². The van der Waals surface area contributed by atoms with E-state index in [0.717, 1.165) is 18.7 Å². The van der Waals surface area contributed by atoms with Crippen LogP contribution >= 0.6 is 0 Å². The molecule has 0 unspecified atom stereocenters. The Labute approximate surface area is 156 Å². The highest BCUT2D eigenvalue weighted by atomic mass is 16.5. The molecule has 0 fully saturated rings. The monoisotopic (exact) mass is 348 g/mol. The average molecular weight is 348 g/mol. The molecule has 1 heterocycles. The molecular weight excluding hydrogens is 320 g/mol. The first-order chi connectivity index (χ1) is 12.4. The van der Waals surface area contributed by atoms with E-state index in [0.29, 0.717) is 0 Å². The first-order valence-corrected chi connectivity index (χ1v) is 9.21. The lowest BCUT2D eigenvalue weighted by Crippen LogP contribution is -2.12. The number of rotatable bonds is 6. The summed E-state index contributed by atoms with van der Waals surface area (Å²) in [5.74, 6) is 0.911. The number of imidazole rings is 1. The molecule has 0 saturated heterocycles. The van der Waals surface area contributed by atoms with Crippen LogP contribution in [0.5, 0.6) is 5.75 Å². The third kappa shape index (κ3) is 4.75. The van der Waals surface area contributed by atoms with Crippen LogP contribution in [0.4, 0.5) is 0 Å². The van der Waals surface area contributed by atoms with Crippen molar-refractivity contribution in [3.8, 4) is 5.75 Å². The molecule has 2 aromatic carbocycles. The zero-order valence-corrected chi connectivity index (χ0v) is 16.1. The van der Waals surface area contributed by atoms with Gasteiger partial charge in [0.05, 0.1) is 6.33 Å². The van der Waals surface area contributed by atoms with Crippen molar-refractivity contribution in [2.24, 2.45) is 0 Å². The van der Waals surface area contributed by atoms with Gasteiger partial charge < -0.3 is 9.30 Å². The fourth-order valence-electron chi connectivity index (χ4n) is 2.96. The number of hydrogen-bond acceptors (Lipinski definition) is 2. The van der Waals surface area contributed by atoms with Crippen LogP contribution in [0, 0.1) is 6.92 Å². The Morgan fingerprint density at radius 2 is 1.69 bits per heavy atom. The molecule has 0 aliphatic carbocycles. The first kappa shape index (κ1) is 18.2. The molecule has 3 rings (SSSR count). The quantitative estimate of drug-likeness (QED) is 0.571. The number of aromatic nitrogens is 2. The van der Waals surface area contributed by atoms with Gasteiger partial charge in [0.25, 0.3) is 0 Å². The van der Waals surface area contributed by atoms with Crippen LogP contribution in [0.3, 0.4) is 0 Å². The van der Waals surface area contributed by atoms with Gasteiger partial charge in [0.2, 0.25) is 0 Å². The standard InChI is InChI=1S/C23H28N2O/c1-18-5-7-19(8-6-18)22(13-15-25-16-14-24-17-25)26-21-11-9-20(10-12-21)23(2,3)4/h5-12,14,16-17,22H,13,15H2,1-4H3/t22-/m1/s1. The third-order valence-corrected chi connectivity index (χ3v) is 4.66. The number of ether oxygens (including phenoxy) is 1. The highest BCUT2D eigenvalue weighted by molar-refractivity contribution is 5.32. The molecule has 0 bridgehead atoms. The van der Waals surface area contributed by atoms with Crippen LogP contribution in [0.2, 0.25) is 0 Å². The normalized spacial score (nSPS) is 12.8. The van der Waals surface area contributed by atoms with Crippen LogP contribution in [-0.2, 0) is 12.0 Å². The Hall–Kier alpha value is -2.55. The number of benzene rings is 2. The van der Waals surface area contributed by atoms with E-state index in [9.17, 15) is 0 Å². The van der Waals surface area contributed by atoms with E-state index in [1.807, 2.05) is 18.7 Å². The zero-order valence-electron chi connectivity index (χ0n) is 16.1. The Balaban J connectivity index is 1.77. The van der Waals surface area contributed by atoms with Gasteiger partial charge in [0.15, 0.2) is 0 Å². The first-order valence-electron chi connectivity index (χ1n) is 9.21. The van der Waals surface area contributed by atoms with Crippen molar-refractivity contribution in [2.45, 2.75) is 52.2 Å². The molecule has 0 N–H and O–H groups in total. The molecule has 0 amide bonds. The van der Waals surface area contributed by atoms with Crippen LogP contribution in [-0.4, -0.2) is 9.55 Å². The SMILES string of the molecule is Cc1ccc([C@@H](CCn2ccnc2)Oc2ccc(C(C)(C)C)cc2)cc1. The predicted molar refractivity (Wildman–Crippen MR) is 107 cm³/mol. The minimum absolute atomic E-state index is 0.0125. The Morgan fingerprint density at radius 3 is 2.27 bits per heavy atom. The molecule has 1 atom stereocenters. The van der Waals surface area contributed by atoms with Gasteiger partial charge in [0.1, 0.15) is 11.9 Å². The largest absolute Gasteiger partial charge is 0.486 e. The van der Waals surface area contributed by atoms with Crippen LogP contribution in [0.25, 0.3) is 0 Å². The molecule has 0 aliphatic heterocycles. The van der Waals surface area contributed by atoms with Crippen LogP contribution in [0.15, 0.2) is 67.3 Å². The van der Waals surface area contributed by atoms with Crippen molar-refractivity contribution in [3.05, 3.63) is 83.9 Å². The second-order valence-electron chi connectivity index (χ2n) is 7.88. The summed E-state index contributed by atoms with van der Waals surface area (Å²) < 4.78 is 8.46. The molecule has 0 aliphatic rings. The summed E-state index contributed by atoms with van der Waals surface area (Å²) in [6, 6.07) is 17.1. The van der Waals surface area contributed by atoms with Gasteiger partial charge >= 0.3 is 0 Å². The molecule has 26 heavy (non-hydrogen) atoms. The van der Waals surface area contributed by atoms with Crippen molar-refractivity contribution in [2.75, 3.05) is 0 Å². The fraction of sp³-hybridized carbons (Fsp3) is 0.348. The molecule has 3 nitrogen and oxygen atoms in total. The minimum Gasteiger partial charge on any atom is -0.486 e. The minimum atomic E-state index is 0.0125. The summed E-state index contributed by atoms with van der Waals surface area (Å²) in [6.45, 7) is 9.66. The summed E-state index contributed by atoms with van der Waals surface area (Å²) in [6.07, 6.45) is 6.56. The summed E-state index contributed by atoms with van der Waals surface area (Å²) in [7, 11) is 0. The summed E-state index contributed by atoms with van der Waals surface area (Å²) in [5, 5.41) is 0.